The summed E-state index contributed by atoms with van der Waals surface area (Å²) in [5.41, 5.74) is 4.37. The molecule has 0 saturated heterocycles. The third-order valence-electron chi connectivity index (χ3n) is 5.18. The van der Waals surface area contributed by atoms with Crippen molar-refractivity contribution in [1.29, 1.82) is 0 Å². The summed E-state index contributed by atoms with van der Waals surface area (Å²) in [5, 5.41) is 16.5. The Labute approximate surface area is 177 Å². The summed E-state index contributed by atoms with van der Waals surface area (Å²) in [6.45, 7) is 1.92. The number of aromatic nitrogens is 5. The summed E-state index contributed by atoms with van der Waals surface area (Å²) in [4.78, 5) is 17.2. The monoisotopic (exact) mass is 416 g/mol. The second kappa shape index (κ2) is 7.35. The second-order valence-corrected chi connectivity index (χ2v) is 7.56. The molecule has 4 aromatic rings. The minimum atomic E-state index is -0.120. The lowest BCUT2D eigenvalue weighted by atomic mass is 9.86. The van der Waals surface area contributed by atoms with E-state index in [2.05, 4.69) is 25.6 Å². The highest BCUT2D eigenvalue weighted by atomic mass is 35.5. The number of fused-ring (bicyclic) bond motifs is 1. The van der Waals surface area contributed by atoms with E-state index in [0.717, 1.165) is 22.4 Å². The van der Waals surface area contributed by atoms with Gasteiger partial charge in [-0.1, -0.05) is 54.1 Å². The molecule has 1 amide bonds. The van der Waals surface area contributed by atoms with Gasteiger partial charge >= 0.3 is 0 Å². The van der Waals surface area contributed by atoms with Gasteiger partial charge in [-0.2, -0.15) is 14.9 Å². The standard InChI is InChI=1S/C22H17ClN6O/c1-13-20-17(14-7-9-16(23)10-8-14)11-19(30)26-21(20)29(28-13)22-25-18(12-24-27-22)15-5-3-2-4-6-15/h2-10,12,17H,11H2,1H3,(H,26,30)/t17-/m0/s1. The Morgan fingerprint density at radius 1 is 1.10 bits per heavy atom. The van der Waals surface area contributed by atoms with Gasteiger partial charge < -0.3 is 5.32 Å². The van der Waals surface area contributed by atoms with Crippen molar-refractivity contribution in [3.63, 3.8) is 0 Å². The number of aryl methyl sites for hydroxylation is 1. The number of anilines is 1. The van der Waals surface area contributed by atoms with Gasteiger partial charge in [-0.15, -0.1) is 5.10 Å². The van der Waals surface area contributed by atoms with E-state index in [1.54, 1.807) is 10.9 Å². The van der Waals surface area contributed by atoms with E-state index >= 15 is 0 Å². The minimum absolute atomic E-state index is 0.0872. The van der Waals surface area contributed by atoms with Crippen molar-refractivity contribution >= 4 is 23.3 Å². The smallest absolute Gasteiger partial charge is 0.272 e. The van der Waals surface area contributed by atoms with E-state index in [4.69, 9.17) is 11.6 Å². The maximum atomic E-state index is 12.5. The molecule has 0 saturated carbocycles. The van der Waals surface area contributed by atoms with Crippen LogP contribution in [0.5, 0.6) is 0 Å². The molecular formula is C22H17ClN6O. The highest BCUT2D eigenvalue weighted by Gasteiger charge is 2.33. The Morgan fingerprint density at radius 2 is 1.87 bits per heavy atom. The molecule has 2 aromatic heterocycles. The molecule has 8 heteroatoms. The minimum Gasteiger partial charge on any atom is -0.310 e. The molecule has 1 N–H and O–H groups in total. The summed E-state index contributed by atoms with van der Waals surface area (Å²) >= 11 is 6.04. The molecule has 0 spiro atoms. The molecule has 2 aromatic carbocycles. The van der Waals surface area contributed by atoms with E-state index in [9.17, 15) is 4.79 Å². The van der Waals surface area contributed by atoms with Crippen molar-refractivity contribution in [3.8, 4) is 17.2 Å². The summed E-state index contributed by atoms with van der Waals surface area (Å²) in [6.07, 6.45) is 1.95. The van der Waals surface area contributed by atoms with E-state index in [1.807, 2.05) is 61.5 Å². The Bertz CT molecular complexity index is 1240. The predicted molar refractivity (Wildman–Crippen MR) is 114 cm³/mol. The first-order chi connectivity index (χ1) is 14.6. The summed E-state index contributed by atoms with van der Waals surface area (Å²) < 4.78 is 1.56. The maximum Gasteiger partial charge on any atom is 0.272 e. The molecule has 148 valence electrons. The van der Waals surface area contributed by atoms with Crippen LogP contribution < -0.4 is 5.32 Å². The van der Waals surface area contributed by atoms with Crippen LogP contribution in [0.4, 0.5) is 5.82 Å². The Balaban J connectivity index is 1.62. The number of hydrogen-bond donors (Lipinski definition) is 1. The zero-order valence-corrected chi connectivity index (χ0v) is 16.8. The summed E-state index contributed by atoms with van der Waals surface area (Å²) in [6, 6.07) is 17.3. The van der Waals surface area contributed by atoms with Crippen molar-refractivity contribution in [2.75, 3.05) is 5.32 Å². The molecule has 0 fully saturated rings. The van der Waals surface area contributed by atoms with Gasteiger partial charge in [0.25, 0.3) is 5.95 Å². The van der Waals surface area contributed by atoms with Crippen molar-refractivity contribution < 1.29 is 4.79 Å². The van der Waals surface area contributed by atoms with Crippen LogP contribution in [0.25, 0.3) is 17.2 Å². The normalized spacial score (nSPS) is 15.5. The number of hydrogen-bond acceptors (Lipinski definition) is 5. The van der Waals surface area contributed by atoms with Crippen LogP contribution in [0.15, 0.2) is 60.8 Å². The van der Waals surface area contributed by atoms with Gasteiger partial charge in [-0.05, 0) is 24.6 Å². The van der Waals surface area contributed by atoms with Crippen molar-refractivity contribution in [2.24, 2.45) is 0 Å². The number of benzene rings is 2. The van der Waals surface area contributed by atoms with E-state index in [0.29, 0.717) is 28.9 Å². The number of carbonyl (C=O) groups excluding carboxylic acids is 1. The fourth-order valence-electron chi connectivity index (χ4n) is 3.80. The molecule has 0 radical (unpaired) electrons. The molecular weight excluding hydrogens is 400 g/mol. The Hall–Kier alpha value is -3.58. The lowest BCUT2D eigenvalue weighted by Crippen LogP contribution is -2.25. The second-order valence-electron chi connectivity index (χ2n) is 7.12. The third-order valence-corrected chi connectivity index (χ3v) is 5.43. The van der Waals surface area contributed by atoms with Gasteiger partial charge in [0.05, 0.1) is 17.6 Å². The molecule has 1 atom stereocenters. The lowest BCUT2D eigenvalue weighted by molar-refractivity contribution is -0.116. The van der Waals surface area contributed by atoms with E-state index in [-0.39, 0.29) is 11.8 Å². The fraction of sp³-hybridized carbons (Fsp3) is 0.136. The average molecular weight is 417 g/mol. The third kappa shape index (κ3) is 3.23. The average Bonchev–Trinajstić information content (AvgIpc) is 3.11. The topological polar surface area (TPSA) is 85.6 Å². The zero-order valence-electron chi connectivity index (χ0n) is 16.1. The highest BCUT2D eigenvalue weighted by molar-refractivity contribution is 6.30. The number of amides is 1. The van der Waals surface area contributed by atoms with Gasteiger partial charge in [-0.25, -0.2) is 4.98 Å². The van der Waals surface area contributed by atoms with E-state index in [1.165, 1.54) is 0 Å². The summed E-state index contributed by atoms with van der Waals surface area (Å²) in [7, 11) is 0. The van der Waals surface area contributed by atoms with E-state index < -0.39 is 0 Å². The van der Waals surface area contributed by atoms with Crippen LogP contribution >= 0.6 is 11.6 Å². The molecule has 1 aliphatic rings. The van der Waals surface area contributed by atoms with Crippen LogP contribution in [0, 0.1) is 6.92 Å². The first-order valence-corrected chi connectivity index (χ1v) is 9.88. The van der Waals surface area contributed by atoms with Crippen LogP contribution in [0.1, 0.15) is 29.2 Å². The van der Waals surface area contributed by atoms with Gasteiger partial charge in [0.2, 0.25) is 5.91 Å². The number of nitrogens with zero attached hydrogens (tertiary/aromatic N) is 5. The first kappa shape index (κ1) is 18.4. The van der Waals surface area contributed by atoms with Crippen LogP contribution in [0.3, 0.4) is 0 Å². The molecule has 7 nitrogen and oxygen atoms in total. The van der Waals surface area contributed by atoms with Crippen LogP contribution in [-0.4, -0.2) is 30.9 Å². The number of carbonyl (C=O) groups is 1. The largest absolute Gasteiger partial charge is 0.310 e. The van der Waals surface area contributed by atoms with Gasteiger partial charge in [0.15, 0.2) is 0 Å². The van der Waals surface area contributed by atoms with Crippen molar-refractivity contribution in [3.05, 3.63) is 82.6 Å². The molecule has 3 heterocycles. The highest BCUT2D eigenvalue weighted by Crippen LogP contribution is 2.40. The molecule has 0 bridgehead atoms. The SMILES string of the molecule is Cc1nn(-c2nncc(-c3ccccc3)n2)c2c1[C@H](c1ccc(Cl)cc1)CC(=O)N2. The van der Waals surface area contributed by atoms with Crippen molar-refractivity contribution in [2.45, 2.75) is 19.3 Å². The zero-order chi connectivity index (χ0) is 20.7. The van der Waals surface area contributed by atoms with Gasteiger partial charge in [-0.3, -0.25) is 4.79 Å². The predicted octanol–water partition coefficient (Wildman–Crippen LogP) is 4.16. The quantitative estimate of drug-likeness (QED) is 0.542. The van der Waals surface area contributed by atoms with Crippen molar-refractivity contribution in [1.82, 2.24) is 25.0 Å². The molecule has 0 unspecified atom stereocenters. The lowest BCUT2D eigenvalue weighted by Gasteiger charge is -2.24. The first-order valence-electron chi connectivity index (χ1n) is 9.50. The Kier molecular flexibility index (Phi) is 4.52. The maximum absolute atomic E-state index is 12.5. The summed E-state index contributed by atoms with van der Waals surface area (Å²) in [5.74, 6) is 0.675. The fourth-order valence-corrected chi connectivity index (χ4v) is 3.93. The van der Waals surface area contributed by atoms with Crippen LogP contribution in [0.2, 0.25) is 5.02 Å². The molecule has 1 aliphatic heterocycles. The number of nitrogens with one attached hydrogen (secondary N) is 1. The molecule has 5 rings (SSSR count). The number of halogens is 1. The Morgan fingerprint density at radius 3 is 2.63 bits per heavy atom. The molecule has 0 aliphatic carbocycles. The van der Waals surface area contributed by atoms with Gasteiger partial charge in [0.1, 0.15) is 5.82 Å². The number of rotatable bonds is 3. The van der Waals surface area contributed by atoms with Crippen LogP contribution in [-0.2, 0) is 4.79 Å². The van der Waals surface area contributed by atoms with Gasteiger partial charge in [0, 0.05) is 28.5 Å². The molecule has 30 heavy (non-hydrogen) atoms.